The van der Waals surface area contributed by atoms with Gasteiger partial charge >= 0.3 is 0 Å². The Morgan fingerprint density at radius 3 is 2.79 bits per heavy atom. The maximum atomic E-state index is 10.7. The van der Waals surface area contributed by atoms with Crippen molar-refractivity contribution in [2.45, 2.75) is 25.9 Å². The van der Waals surface area contributed by atoms with E-state index >= 15 is 0 Å². The zero-order chi connectivity index (χ0) is 11.0. The summed E-state index contributed by atoms with van der Waals surface area (Å²) in [6.45, 7) is 8.13. The van der Waals surface area contributed by atoms with E-state index in [1.807, 2.05) is 13.8 Å². The van der Waals surface area contributed by atoms with Crippen LogP contribution in [0, 0.1) is 0 Å². The molecule has 0 unspecified atom stereocenters. The third kappa shape index (κ3) is 6.62. The summed E-state index contributed by atoms with van der Waals surface area (Å²) in [7, 11) is 0. The van der Waals surface area contributed by atoms with Crippen LogP contribution in [0.2, 0.25) is 0 Å². The molecule has 0 rings (SSSR count). The number of ether oxygens (including phenoxy) is 1. The Bertz CT molecular complexity index is 190. The van der Waals surface area contributed by atoms with Crippen LogP contribution in [0.25, 0.3) is 0 Å². The number of aliphatic hydroxyl groups is 1. The standard InChI is InChI=1S/C10H19NO3/c1-4-9(13)11-6-8-14-10(2,3)5-7-12/h4,12H,1,5-8H2,2-3H3,(H,11,13). The van der Waals surface area contributed by atoms with Gasteiger partial charge in [0.15, 0.2) is 0 Å². The summed E-state index contributed by atoms with van der Waals surface area (Å²) in [5.41, 5.74) is -0.340. The molecule has 0 atom stereocenters. The zero-order valence-corrected chi connectivity index (χ0v) is 8.88. The van der Waals surface area contributed by atoms with E-state index in [9.17, 15) is 4.79 Å². The molecule has 2 N–H and O–H groups in total. The van der Waals surface area contributed by atoms with Crippen molar-refractivity contribution in [2.75, 3.05) is 19.8 Å². The topological polar surface area (TPSA) is 58.6 Å². The van der Waals surface area contributed by atoms with Gasteiger partial charge in [-0.1, -0.05) is 6.58 Å². The van der Waals surface area contributed by atoms with Crippen molar-refractivity contribution in [1.82, 2.24) is 5.32 Å². The molecule has 0 aromatic rings. The summed E-state index contributed by atoms with van der Waals surface area (Å²) in [5.74, 6) is -0.200. The molecule has 0 aliphatic heterocycles. The van der Waals surface area contributed by atoms with E-state index in [0.717, 1.165) is 0 Å². The van der Waals surface area contributed by atoms with Crippen molar-refractivity contribution >= 4 is 5.91 Å². The highest BCUT2D eigenvalue weighted by atomic mass is 16.5. The minimum atomic E-state index is -0.340. The first-order valence-electron chi connectivity index (χ1n) is 4.67. The van der Waals surface area contributed by atoms with Crippen molar-refractivity contribution in [2.24, 2.45) is 0 Å². The highest BCUT2D eigenvalue weighted by Crippen LogP contribution is 2.12. The molecular formula is C10H19NO3. The summed E-state index contributed by atoms with van der Waals surface area (Å²) in [6.07, 6.45) is 1.81. The predicted molar refractivity (Wildman–Crippen MR) is 54.9 cm³/mol. The first-order chi connectivity index (χ1) is 6.52. The number of aliphatic hydroxyl groups excluding tert-OH is 1. The maximum Gasteiger partial charge on any atom is 0.243 e. The summed E-state index contributed by atoms with van der Waals surface area (Å²) >= 11 is 0. The Morgan fingerprint density at radius 1 is 1.64 bits per heavy atom. The lowest BCUT2D eigenvalue weighted by atomic mass is 10.1. The quantitative estimate of drug-likeness (QED) is 0.465. The van der Waals surface area contributed by atoms with Crippen molar-refractivity contribution in [3.05, 3.63) is 12.7 Å². The summed E-state index contributed by atoms with van der Waals surface area (Å²) in [5, 5.41) is 11.3. The van der Waals surface area contributed by atoms with Crippen LogP contribution in [0.15, 0.2) is 12.7 Å². The van der Waals surface area contributed by atoms with Crippen molar-refractivity contribution in [1.29, 1.82) is 0 Å². The average molecular weight is 201 g/mol. The number of carbonyl (C=O) groups excluding carboxylic acids is 1. The van der Waals surface area contributed by atoms with Crippen LogP contribution in [-0.2, 0) is 9.53 Å². The van der Waals surface area contributed by atoms with E-state index in [1.54, 1.807) is 0 Å². The fraction of sp³-hybridized carbons (Fsp3) is 0.700. The van der Waals surface area contributed by atoms with Crippen LogP contribution in [0.5, 0.6) is 0 Å². The molecule has 0 aromatic heterocycles. The second-order valence-corrected chi connectivity index (χ2v) is 3.58. The van der Waals surface area contributed by atoms with Crippen molar-refractivity contribution in [3.63, 3.8) is 0 Å². The molecule has 0 bridgehead atoms. The molecule has 0 saturated heterocycles. The Morgan fingerprint density at radius 2 is 2.29 bits per heavy atom. The van der Waals surface area contributed by atoms with Crippen molar-refractivity contribution < 1.29 is 14.6 Å². The van der Waals surface area contributed by atoms with Crippen LogP contribution in [-0.4, -0.2) is 36.4 Å². The van der Waals surface area contributed by atoms with Gasteiger partial charge in [0.05, 0.1) is 12.2 Å². The van der Waals surface area contributed by atoms with Gasteiger partial charge in [0.2, 0.25) is 5.91 Å². The molecule has 4 heteroatoms. The molecule has 82 valence electrons. The monoisotopic (exact) mass is 201 g/mol. The number of carbonyl (C=O) groups is 1. The van der Waals surface area contributed by atoms with E-state index in [4.69, 9.17) is 9.84 Å². The van der Waals surface area contributed by atoms with Gasteiger partial charge in [0, 0.05) is 13.2 Å². The molecule has 0 heterocycles. The van der Waals surface area contributed by atoms with Crippen LogP contribution < -0.4 is 5.32 Å². The lowest BCUT2D eigenvalue weighted by Gasteiger charge is -2.24. The third-order valence-corrected chi connectivity index (χ3v) is 1.79. The Balaban J connectivity index is 3.53. The fourth-order valence-corrected chi connectivity index (χ4v) is 0.915. The van der Waals surface area contributed by atoms with Gasteiger partial charge in [-0.2, -0.15) is 0 Å². The van der Waals surface area contributed by atoms with Gasteiger partial charge in [-0.05, 0) is 26.3 Å². The second-order valence-electron chi connectivity index (χ2n) is 3.58. The summed E-state index contributed by atoms with van der Waals surface area (Å²) in [6, 6.07) is 0. The Labute approximate surface area is 85.0 Å². The number of nitrogens with one attached hydrogen (secondary N) is 1. The van der Waals surface area contributed by atoms with E-state index in [0.29, 0.717) is 19.6 Å². The summed E-state index contributed by atoms with van der Waals surface area (Å²) < 4.78 is 5.46. The number of hydrogen-bond donors (Lipinski definition) is 2. The largest absolute Gasteiger partial charge is 0.396 e. The molecule has 0 aromatic carbocycles. The Kier molecular flexibility index (Phi) is 6.16. The predicted octanol–water partition coefficient (Wildman–Crippen LogP) is 0.466. The van der Waals surface area contributed by atoms with Gasteiger partial charge in [0.25, 0.3) is 0 Å². The molecule has 0 aliphatic rings. The smallest absolute Gasteiger partial charge is 0.243 e. The second kappa shape index (κ2) is 6.56. The highest BCUT2D eigenvalue weighted by molar-refractivity contribution is 5.86. The van der Waals surface area contributed by atoms with Gasteiger partial charge in [-0.15, -0.1) is 0 Å². The maximum absolute atomic E-state index is 10.7. The van der Waals surface area contributed by atoms with Gasteiger partial charge in [-0.25, -0.2) is 0 Å². The molecule has 1 amide bonds. The zero-order valence-electron chi connectivity index (χ0n) is 8.88. The minimum Gasteiger partial charge on any atom is -0.396 e. The first-order valence-corrected chi connectivity index (χ1v) is 4.67. The number of hydrogen-bond acceptors (Lipinski definition) is 3. The van der Waals surface area contributed by atoms with E-state index in [1.165, 1.54) is 6.08 Å². The SMILES string of the molecule is C=CC(=O)NCCOC(C)(C)CCO. The highest BCUT2D eigenvalue weighted by Gasteiger charge is 2.16. The van der Waals surface area contributed by atoms with E-state index in [2.05, 4.69) is 11.9 Å². The summed E-state index contributed by atoms with van der Waals surface area (Å²) in [4.78, 5) is 10.7. The van der Waals surface area contributed by atoms with Crippen molar-refractivity contribution in [3.8, 4) is 0 Å². The molecule has 0 aliphatic carbocycles. The van der Waals surface area contributed by atoms with Gasteiger partial charge in [-0.3, -0.25) is 4.79 Å². The normalized spacial score (nSPS) is 11.1. The average Bonchev–Trinajstić information content (AvgIpc) is 2.12. The lowest BCUT2D eigenvalue weighted by molar-refractivity contribution is -0.117. The van der Waals surface area contributed by atoms with Gasteiger partial charge in [0.1, 0.15) is 0 Å². The van der Waals surface area contributed by atoms with Gasteiger partial charge < -0.3 is 15.2 Å². The molecule has 14 heavy (non-hydrogen) atoms. The van der Waals surface area contributed by atoms with Crippen LogP contribution in [0.3, 0.4) is 0 Å². The number of rotatable bonds is 7. The van der Waals surface area contributed by atoms with E-state index < -0.39 is 0 Å². The van der Waals surface area contributed by atoms with Crippen LogP contribution in [0.1, 0.15) is 20.3 Å². The minimum absolute atomic E-state index is 0.103. The van der Waals surface area contributed by atoms with E-state index in [-0.39, 0.29) is 18.1 Å². The fourth-order valence-electron chi connectivity index (χ4n) is 0.915. The Hall–Kier alpha value is -0.870. The molecule has 0 fully saturated rings. The molecule has 0 radical (unpaired) electrons. The first kappa shape index (κ1) is 13.1. The molecular weight excluding hydrogens is 182 g/mol. The van der Waals surface area contributed by atoms with Crippen LogP contribution >= 0.6 is 0 Å². The van der Waals surface area contributed by atoms with Crippen LogP contribution in [0.4, 0.5) is 0 Å². The molecule has 0 saturated carbocycles. The number of amides is 1. The lowest BCUT2D eigenvalue weighted by Crippen LogP contribution is -2.32. The molecule has 4 nitrogen and oxygen atoms in total. The molecule has 0 spiro atoms. The third-order valence-electron chi connectivity index (χ3n) is 1.79.